The van der Waals surface area contributed by atoms with Crippen LogP contribution in [-0.4, -0.2) is 34.1 Å². The highest BCUT2D eigenvalue weighted by Gasteiger charge is 2.23. The summed E-state index contributed by atoms with van der Waals surface area (Å²) in [6.07, 6.45) is 4.34. The Hall–Kier alpha value is -1.56. The number of aliphatic carboxylic acids is 1. The van der Waals surface area contributed by atoms with Crippen molar-refractivity contribution in [3.63, 3.8) is 0 Å². The smallest absolute Gasteiger partial charge is 0.303 e. The molecular weight excluding hydrogens is 268 g/mol. The number of halogens is 1. The Morgan fingerprint density at radius 2 is 2.37 bits per heavy atom. The van der Waals surface area contributed by atoms with E-state index in [1.54, 1.807) is 0 Å². The second-order valence-corrected chi connectivity index (χ2v) is 5.16. The first kappa shape index (κ1) is 13.9. The summed E-state index contributed by atoms with van der Waals surface area (Å²) >= 11 is 6.12. The second kappa shape index (κ2) is 6.06. The molecule has 0 saturated carbocycles. The molecule has 1 atom stereocenters. The number of anilines is 2. The zero-order chi connectivity index (χ0) is 13.8. The van der Waals surface area contributed by atoms with Crippen LogP contribution < -0.4 is 10.6 Å². The second-order valence-electron chi connectivity index (χ2n) is 4.78. The van der Waals surface area contributed by atoms with Crippen molar-refractivity contribution >= 4 is 29.2 Å². The molecule has 6 nitrogen and oxygen atoms in total. The maximum atomic E-state index is 10.6. The van der Waals surface area contributed by atoms with Crippen LogP contribution in [0.1, 0.15) is 25.7 Å². The van der Waals surface area contributed by atoms with Gasteiger partial charge in [0.25, 0.3) is 0 Å². The molecule has 7 heteroatoms. The SMILES string of the molecule is Nc1ncnc(N2CCCC(CCC(=O)O)C2)c1Cl. The largest absolute Gasteiger partial charge is 0.481 e. The van der Waals surface area contributed by atoms with Crippen LogP contribution >= 0.6 is 11.6 Å². The fourth-order valence-electron chi connectivity index (χ4n) is 2.41. The summed E-state index contributed by atoms with van der Waals surface area (Å²) in [6.45, 7) is 1.63. The van der Waals surface area contributed by atoms with E-state index in [1.165, 1.54) is 6.33 Å². The molecule has 1 aromatic heterocycles. The van der Waals surface area contributed by atoms with Gasteiger partial charge in [-0.3, -0.25) is 4.79 Å². The van der Waals surface area contributed by atoms with Crippen LogP contribution in [0.2, 0.25) is 5.02 Å². The molecule has 0 spiro atoms. The summed E-state index contributed by atoms with van der Waals surface area (Å²) in [5, 5.41) is 9.11. The van der Waals surface area contributed by atoms with Gasteiger partial charge >= 0.3 is 5.97 Å². The molecule has 19 heavy (non-hydrogen) atoms. The van der Waals surface area contributed by atoms with Crippen LogP contribution in [0.3, 0.4) is 0 Å². The number of piperidine rings is 1. The summed E-state index contributed by atoms with van der Waals surface area (Å²) in [6, 6.07) is 0. The topological polar surface area (TPSA) is 92.3 Å². The summed E-state index contributed by atoms with van der Waals surface area (Å²) in [4.78, 5) is 20.7. The monoisotopic (exact) mass is 284 g/mol. The molecule has 0 bridgehead atoms. The lowest BCUT2D eigenvalue weighted by molar-refractivity contribution is -0.137. The van der Waals surface area contributed by atoms with Gasteiger partial charge in [-0.15, -0.1) is 0 Å². The van der Waals surface area contributed by atoms with Crippen LogP contribution in [0, 0.1) is 5.92 Å². The van der Waals surface area contributed by atoms with E-state index in [0.29, 0.717) is 23.2 Å². The predicted octanol–water partition coefficient (Wildman–Crippen LogP) is 1.79. The van der Waals surface area contributed by atoms with Crippen molar-refractivity contribution in [1.29, 1.82) is 0 Å². The molecule has 0 aromatic carbocycles. The van der Waals surface area contributed by atoms with E-state index in [0.717, 1.165) is 25.9 Å². The quantitative estimate of drug-likeness (QED) is 0.876. The number of carbonyl (C=O) groups is 1. The van der Waals surface area contributed by atoms with Gasteiger partial charge in [-0.25, -0.2) is 9.97 Å². The molecule has 2 heterocycles. The van der Waals surface area contributed by atoms with E-state index >= 15 is 0 Å². The molecule has 2 rings (SSSR count). The van der Waals surface area contributed by atoms with Crippen molar-refractivity contribution in [3.8, 4) is 0 Å². The van der Waals surface area contributed by atoms with Gasteiger partial charge in [0, 0.05) is 19.5 Å². The van der Waals surface area contributed by atoms with Crippen molar-refractivity contribution < 1.29 is 9.90 Å². The Morgan fingerprint density at radius 3 is 3.11 bits per heavy atom. The number of nitrogen functional groups attached to an aromatic ring is 1. The average Bonchev–Trinajstić information content (AvgIpc) is 2.40. The molecule has 104 valence electrons. The molecule has 1 aliphatic heterocycles. The van der Waals surface area contributed by atoms with E-state index in [1.807, 2.05) is 0 Å². The van der Waals surface area contributed by atoms with Crippen molar-refractivity contribution in [3.05, 3.63) is 11.3 Å². The summed E-state index contributed by atoms with van der Waals surface area (Å²) < 4.78 is 0. The van der Waals surface area contributed by atoms with Crippen molar-refractivity contribution in [2.45, 2.75) is 25.7 Å². The van der Waals surface area contributed by atoms with Gasteiger partial charge in [0.2, 0.25) is 0 Å². The Bertz CT molecular complexity index is 469. The molecule has 1 unspecified atom stereocenters. The number of hydrogen-bond acceptors (Lipinski definition) is 5. The summed E-state index contributed by atoms with van der Waals surface area (Å²) in [5.41, 5.74) is 5.67. The zero-order valence-corrected chi connectivity index (χ0v) is 11.3. The summed E-state index contributed by atoms with van der Waals surface area (Å²) in [7, 11) is 0. The van der Waals surface area contributed by atoms with Gasteiger partial charge in [-0.2, -0.15) is 0 Å². The van der Waals surface area contributed by atoms with Crippen LogP contribution in [0.25, 0.3) is 0 Å². The van der Waals surface area contributed by atoms with Gasteiger partial charge in [0.1, 0.15) is 17.2 Å². The Kier molecular flexibility index (Phi) is 4.42. The van der Waals surface area contributed by atoms with E-state index in [-0.39, 0.29) is 12.2 Å². The van der Waals surface area contributed by atoms with E-state index in [2.05, 4.69) is 14.9 Å². The maximum Gasteiger partial charge on any atom is 0.303 e. The lowest BCUT2D eigenvalue weighted by Gasteiger charge is -2.33. The normalized spacial score (nSPS) is 19.4. The molecule has 1 fully saturated rings. The van der Waals surface area contributed by atoms with Gasteiger partial charge in [-0.05, 0) is 25.2 Å². The molecular formula is C12H17ClN4O2. The minimum Gasteiger partial charge on any atom is -0.481 e. The number of carboxylic acid groups (broad SMARTS) is 1. The average molecular weight is 285 g/mol. The predicted molar refractivity (Wildman–Crippen MR) is 73.3 cm³/mol. The van der Waals surface area contributed by atoms with Gasteiger partial charge < -0.3 is 15.7 Å². The Morgan fingerprint density at radius 1 is 1.58 bits per heavy atom. The highest BCUT2D eigenvalue weighted by Crippen LogP contribution is 2.31. The lowest BCUT2D eigenvalue weighted by atomic mass is 9.93. The lowest BCUT2D eigenvalue weighted by Crippen LogP contribution is -2.36. The van der Waals surface area contributed by atoms with Crippen molar-refractivity contribution in [2.75, 3.05) is 23.7 Å². The Labute approximate surface area is 116 Å². The number of nitrogens with zero attached hydrogens (tertiary/aromatic N) is 3. The number of rotatable bonds is 4. The molecule has 0 amide bonds. The number of aromatic nitrogens is 2. The molecule has 1 aromatic rings. The standard InChI is InChI=1S/C12H17ClN4O2/c13-10-11(14)15-7-16-12(10)17-5-1-2-8(6-17)3-4-9(18)19/h7-8H,1-6H2,(H,18,19)(H2,14,15,16). The van der Waals surface area contributed by atoms with Crippen molar-refractivity contribution in [1.82, 2.24) is 9.97 Å². The van der Waals surface area contributed by atoms with Crippen LogP contribution in [-0.2, 0) is 4.79 Å². The van der Waals surface area contributed by atoms with E-state index in [4.69, 9.17) is 22.4 Å². The highest BCUT2D eigenvalue weighted by molar-refractivity contribution is 6.35. The fourth-order valence-corrected chi connectivity index (χ4v) is 2.63. The minimum absolute atomic E-state index is 0.206. The Balaban J connectivity index is 2.04. The van der Waals surface area contributed by atoms with Gasteiger partial charge in [-0.1, -0.05) is 11.6 Å². The van der Waals surface area contributed by atoms with Crippen LogP contribution in [0.4, 0.5) is 11.6 Å². The molecule has 0 radical (unpaired) electrons. The molecule has 3 N–H and O–H groups in total. The van der Waals surface area contributed by atoms with E-state index < -0.39 is 5.97 Å². The first-order valence-electron chi connectivity index (χ1n) is 6.30. The first-order valence-corrected chi connectivity index (χ1v) is 6.68. The third kappa shape index (κ3) is 3.47. The third-order valence-corrected chi connectivity index (χ3v) is 3.75. The number of nitrogens with two attached hydrogens (primary N) is 1. The zero-order valence-electron chi connectivity index (χ0n) is 10.5. The van der Waals surface area contributed by atoms with Crippen LogP contribution in [0.15, 0.2) is 6.33 Å². The summed E-state index contributed by atoms with van der Waals surface area (Å²) in [5.74, 6) is 0.534. The first-order chi connectivity index (χ1) is 9.08. The third-order valence-electron chi connectivity index (χ3n) is 3.38. The molecule has 1 aliphatic rings. The highest BCUT2D eigenvalue weighted by atomic mass is 35.5. The molecule has 0 aliphatic carbocycles. The van der Waals surface area contributed by atoms with Gasteiger partial charge in [0.15, 0.2) is 5.82 Å². The van der Waals surface area contributed by atoms with E-state index in [9.17, 15) is 4.79 Å². The number of hydrogen-bond donors (Lipinski definition) is 2. The van der Waals surface area contributed by atoms with Crippen LogP contribution in [0.5, 0.6) is 0 Å². The molecule has 1 saturated heterocycles. The minimum atomic E-state index is -0.749. The van der Waals surface area contributed by atoms with Gasteiger partial charge in [0.05, 0.1) is 0 Å². The number of carboxylic acids is 1. The van der Waals surface area contributed by atoms with Crippen molar-refractivity contribution in [2.24, 2.45) is 5.92 Å². The fraction of sp³-hybridized carbons (Fsp3) is 0.583. The maximum absolute atomic E-state index is 10.6.